The highest BCUT2D eigenvalue weighted by Crippen LogP contribution is 2.29. The van der Waals surface area contributed by atoms with Crippen molar-refractivity contribution in [3.05, 3.63) is 21.3 Å². The van der Waals surface area contributed by atoms with Crippen LogP contribution in [0.25, 0.3) is 0 Å². The second-order valence-electron chi connectivity index (χ2n) is 3.51. The smallest absolute Gasteiger partial charge is 0.230 e. The number of hydrogen-bond acceptors (Lipinski definition) is 3. The van der Waals surface area contributed by atoms with Crippen LogP contribution in [0.4, 0.5) is 0 Å². The highest BCUT2D eigenvalue weighted by atomic mass is 35.5. The molecule has 1 aromatic rings. The number of aliphatic hydroxyl groups is 1. The summed E-state index contributed by atoms with van der Waals surface area (Å²) in [6.07, 6.45) is 0. The second-order valence-corrected chi connectivity index (χ2v) is 5.25. The number of hydrogen-bond donors (Lipinski definition) is 1. The quantitative estimate of drug-likeness (QED) is 0.884. The predicted octanol–water partition coefficient (Wildman–Crippen LogP) is 2.35. The van der Waals surface area contributed by atoms with E-state index in [0.717, 1.165) is 4.88 Å². The van der Waals surface area contributed by atoms with E-state index in [9.17, 15) is 4.79 Å². The Morgan fingerprint density at radius 3 is 2.75 bits per heavy atom. The first-order chi connectivity index (χ1) is 7.60. The fourth-order valence-corrected chi connectivity index (χ4v) is 2.61. The first-order valence-electron chi connectivity index (χ1n) is 5.25. The molecule has 1 unspecified atom stereocenters. The standard InChI is InChI=1S/C11H16ClNO2S/c1-3-13(6-7-14)11(15)8(2)9-4-5-10(12)16-9/h4-5,8,14H,3,6-7H2,1-2H3. The molecule has 1 rings (SSSR count). The van der Waals surface area contributed by atoms with Crippen LogP contribution in [0.1, 0.15) is 24.6 Å². The van der Waals surface area contributed by atoms with Crippen LogP contribution < -0.4 is 0 Å². The lowest BCUT2D eigenvalue weighted by Gasteiger charge is -2.22. The molecule has 1 heterocycles. The molecule has 0 aliphatic carbocycles. The van der Waals surface area contributed by atoms with Crippen molar-refractivity contribution in [2.75, 3.05) is 19.7 Å². The van der Waals surface area contributed by atoms with E-state index >= 15 is 0 Å². The summed E-state index contributed by atoms with van der Waals surface area (Å²) in [4.78, 5) is 14.7. The van der Waals surface area contributed by atoms with Crippen LogP contribution >= 0.6 is 22.9 Å². The summed E-state index contributed by atoms with van der Waals surface area (Å²) < 4.78 is 0.694. The Labute approximate surface area is 105 Å². The Balaban J connectivity index is 2.72. The fourth-order valence-electron chi connectivity index (χ4n) is 1.50. The molecule has 0 bridgehead atoms. The molecule has 0 saturated carbocycles. The number of aliphatic hydroxyl groups excluding tert-OH is 1. The third kappa shape index (κ3) is 3.20. The molecule has 1 amide bonds. The van der Waals surface area contributed by atoms with Crippen molar-refractivity contribution in [2.45, 2.75) is 19.8 Å². The van der Waals surface area contributed by atoms with Gasteiger partial charge in [-0.1, -0.05) is 11.6 Å². The van der Waals surface area contributed by atoms with Gasteiger partial charge in [-0.2, -0.15) is 0 Å². The highest BCUT2D eigenvalue weighted by Gasteiger charge is 2.21. The van der Waals surface area contributed by atoms with E-state index in [1.54, 1.807) is 11.0 Å². The van der Waals surface area contributed by atoms with Crippen LogP contribution in [-0.2, 0) is 4.79 Å². The van der Waals surface area contributed by atoms with Gasteiger partial charge in [0.05, 0.1) is 16.9 Å². The minimum Gasteiger partial charge on any atom is -0.395 e. The average Bonchev–Trinajstić information content (AvgIpc) is 2.70. The van der Waals surface area contributed by atoms with Gasteiger partial charge >= 0.3 is 0 Å². The van der Waals surface area contributed by atoms with E-state index in [0.29, 0.717) is 17.4 Å². The van der Waals surface area contributed by atoms with Crippen LogP contribution in [0.3, 0.4) is 0 Å². The molecule has 0 radical (unpaired) electrons. The van der Waals surface area contributed by atoms with Crippen LogP contribution in [0.5, 0.6) is 0 Å². The minimum absolute atomic E-state index is 0.00248. The molecule has 0 fully saturated rings. The minimum atomic E-state index is -0.191. The molecule has 0 aliphatic heterocycles. The van der Waals surface area contributed by atoms with E-state index in [1.807, 2.05) is 19.9 Å². The summed E-state index contributed by atoms with van der Waals surface area (Å²) >= 11 is 7.26. The molecular weight excluding hydrogens is 246 g/mol. The Hall–Kier alpha value is -0.580. The third-order valence-electron chi connectivity index (χ3n) is 2.45. The summed E-state index contributed by atoms with van der Waals surface area (Å²) in [6, 6.07) is 3.68. The van der Waals surface area contributed by atoms with Gasteiger partial charge in [0.2, 0.25) is 5.91 Å². The normalized spacial score (nSPS) is 12.5. The molecule has 5 heteroatoms. The topological polar surface area (TPSA) is 40.5 Å². The van der Waals surface area contributed by atoms with E-state index in [-0.39, 0.29) is 18.4 Å². The average molecular weight is 262 g/mol. The zero-order chi connectivity index (χ0) is 12.1. The lowest BCUT2D eigenvalue weighted by molar-refractivity contribution is -0.132. The molecule has 3 nitrogen and oxygen atoms in total. The molecule has 1 N–H and O–H groups in total. The zero-order valence-corrected chi connectivity index (χ0v) is 11.0. The van der Waals surface area contributed by atoms with Crippen molar-refractivity contribution >= 4 is 28.8 Å². The molecule has 1 aromatic heterocycles. The third-order valence-corrected chi connectivity index (χ3v) is 3.87. The number of amides is 1. The van der Waals surface area contributed by atoms with E-state index in [1.165, 1.54) is 11.3 Å². The van der Waals surface area contributed by atoms with Gasteiger partial charge in [0.15, 0.2) is 0 Å². The summed E-state index contributed by atoms with van der Waals surface area (Å²) in [7, 11) is 0. The number of halogens is 1. The van der Waals surface area contributed by atoms with Gasteiger partial charge in [0.1, 0.15) is 0 Å². The number of thiophene rings is 1. The van der Waals surface area contributed by atoms with Crippen molar-refractivity contribution in [2.24, 2.45) is 0 Å². The maximum atomic E-state index is 12.1. The molecule has 0 aromatic carbocycles. The summed E-state index contributed by atoms with van der Waals surface area (Å²) in [5.41, 5.74) is 0. The van der Waals surface area contributed by atoms with E-state index < -0.39 is 0 Å². The largest absolute Gasteiger partial charge is 0.395 e. The molecule has 0 spiro atoms. The van der Waals surface area contributed by atoms with Crippen LogP contribution in [-0.4, -0.2) is 35.6 Å². The number of nitrogens with zero attached hydrogens (tertiary/aromatic N) is 1. The van der Waals surface area contributed by atoms with Crippen LogP contribution in [0.15, 0.2) is 12.1 Å². The monoisotopic (exact) mass is 261 g/mol. The van der Waals surface area contributed by atoms with Crippen molar-refractivity contribution in [3.63, 3.8) is 0 Å². The lowest BCUT2D eigenvalue weighted by atomic mass is 10.1. The van der Waals surface area contributed by atoms with Crippen molar-refractivity contribution in [3.8, 4) is 0 Å². The lowest BCUT2D eigenvalue weighted by Crippen LogP contribution is -2.36. The van der Waals surface area contributed by atoms with Crippen molar-refractivity contribution in [1.29, 1.82) is 0 Å². The Morgan fingerprint density at radius 2 is 2.31 bits per heavy atom. The fraction of sp³-hybridized carbons (Fsp3) is 0.545. The van der Waals surface area contributed by atoms with E-state index in [4.69, 9.17) is 16.7 Å². The summed E-state index contributed by atoms with van der Waals surface area (Å²) in [5.74, 6) is -0.154. The van der Waals surface area contributed by atoms with Crippen molar-refractivity contribution < 1.29 is 9.90 Å². The van der Waals surface area contributed by atoms with Gasteiger partial charge in [-0.05, 0) is 26.0 Å². The van der Waals surface area contributed by atoms with Gasteiger partial charge in [0, 0.05) is 18.0 Å². The molecule has 0 aliphatic rings. The Morgan fingerprint density at radius 1 is 1.62 bits per heavy atom. The zero-order valence-electron chi connectivity index (χ0n) is 9.44. The summed E-state index contributed by atoms with van der Waals surface area (Å²) in [6.45, 7) is 4.77. The number of rotatable bonds is 5. The van der Waals surface area contributed by atoms with Gasteiger partial charge < -0.3 is 10.0 Å². The first-order valence-corrected chi connectivity index (χ1v) is 6.44. The van der Waals surface area contributed by atoms with Gasteiger partial charge in [-0.3, -0.25) is 4.79 Å². The first kappa shape index (κ1) is 13.5. The maximum Gasteiger partial charge on any atom is 0.230 e. The molecular formula is C11H16ClNO2S. The number of carbonyl (C=O) groups excluding carboxylic acids is 1. The Bertz CT molecular complexity index is 354. The van der Waals surface area contributed by atoms with Gasteiger partial charge in [0.25, 0.3) is 0 Å². The number of carbonyl (C=O) groups is 1. The van der Waals surface area contributed by atoms with Crippen molar-refractivity contribution in [1.82, 2.24) is 4.90 Å². The van der Waals surface area contributed by atoms with Crippen LogP contribution in [0.2, 0.25) is 4.34 Å². The predicted molar refractivity (Wildman–Crippen MR) is 67.1 cm³/mol. The SMILES string of the molecule is CCN(CCO)C(=O)C(C)c1ccc(Cl)s1. The highest BCUT2D eigenvalue weighted by molar-refractivity contribution is 7.16. The van der Waals surface area contributed by atoms with Crippen LogP contribution in [0, 0.1) is 0 Å². The Kier molecular flexibility index (Phi) is 5.25. The molecule has 1 atom stereocenters. The van der Waals surface area contributed by atoms with E-state index in [2.05, 4.69) is 0 Å². The molecule has 0 saturated heterocycles. The number of likely N-dealkylation sites (N-methyl/N-ethyl adjacent to an activating group) is 1. The van der Waals surface area contributed by atoms with Gasteiger partial charge in [-0.25, -0.2) is 0 Å². The maximum absolute atomic E-state index is 12.1. The van der Waals surface area contributed by atoms with Gasteiger partial charge in [-0.15, -0.1) is 11.3 Å². The summed E-state index contributed by atoms with van der Waals surface area (Å²) in [5, 5.41) is 8.86. The molecule has 90 valence electrons. The molecule has 16 heavy (non-hydrogen) atoms. The second kappa shape index (κ2) is 6.23.